The summed E-state index contributed by atoms with van der Waals surface area (Å²) in [4.78, 5) is 1.98. The molecule has 0 saturated heterocycles. The molecule has 0 bridgehead atoms. The molecule has 0 aliphatic heterocycles. The molecule has 0 aromatic heterocycles. The molecule has 0 amide bonds. The van der Waals surface area contributed by atoms with Crippen molar-refractivity contribution in [3.63, 3.8) is 0 Å². The first kappa shape index (κ1) is 11.1. The van der Waals surface area contributed by atoms with Crippen LogP contribution in [0, 0.1) is 5.82 Å². The van der Waals surface area contributed by atoms with Crippen LogP contribution >= 0.6 is 0 Å². The van der Waals surface area contributed by atoms with Crippen molar-refractivity contribution >= 4 is 0 Å². The number of nitrogens with zero attached hydrogens (tertiary/aromatic N) is 1. The summed E-state index contributed by atoms with van der Waals surface area (Å²) in [6.07, 6.45) is 0. The van der Waals surface area contributed by atoms with Crippen LogP contribution in [-0.2, 0) is 6.54 Å². The van der Waals surface area contributed by atoms with Crippen LogP contribution in [0.1, 0.15) is 12.5 Å². The first-order valence-electron chi connectivity index (χ1n) is 4.69. The van der Waals surface area contributed by atoms with Gasteiger partial charge in [-0.25, -0.2) is 4.39 Å². The fraction of sp³-hybridized carbons (Fsp3) is 0.455. The highest BCUT2D eigenvalue weighted by Gasteiger charge is 2.07. The third kappa shape index (κ3) is 3.09. The van der Waals surface area contributed by atoms with Crippen molar-refractivity contribution in [1.82, 2.24) is 4.90 Å². The molecule has 2 nitrogen and oxygen atoms in total. The van der Waals surface area contributed by atoms with Crippen molar-refractivity contribution in [3.8, 4) is 0 Å². The highest BCUT2D eigenvalue weighted by Crippen LogP contribution is 2.07. The molecule has 1 unspecified atom stereocenters. The Hall–Kier alpha value is -0.930. The molecule has 14 heavy (non-hydrogen) atoms. The Morgan fingerprint density at radius 2 is 2.21 bits per heavy atom. The molecule has 1 atom stereocenters. The first-order valence-corrected chi connectivity index (χ1v) is 4.69. The quantitative estimate of drug-likeness (QED) is 0.793. The minimum atomic E-state index is -0.215. The maximum Gasteiger partial charge on any atom is 0.123 e. The third-order valence-electron chi connectivity index (χ3n) is 2.34. The summed E-state index contributed by atoms with van der Waals surface area (Å²) in [6.45, 7) is 2.70. The monoisotopic (exact) mass is 197 g/mol. The van der Waals surface area contributed by atoms with Crippen molar-refractivity contribution < 1.29 is 9.50 Å². The lowest BCUT2D eigenvalue weighted by molar-refractivity contribution is 0.154. The minimum absolute atomic E-state index is 0.0956. The average Bonchev–Trinajstić information content (AvgIpc) is 2.16. The largest absolute Gasteiger partial charge is 0.395 e. The van der Waals surface area contributed by atoms with E-state index in [1.54, 1.807) is 6.07 Å². The number of aliphatic hydroxyl groups excluding tert-OH is 1. The van der Waals surface area contributed by atoms with Gasteiger partial charge in [0.25, 0.3) is 0 Å². The lowest BCUT2D eigenvalue weighted by atomic mass is 10.2. The minimum Gasteiger partial charge on any atom is -0.395 e. The van der Waals surface area contributed by atoms with E-state index in [1.165, 1.54) is 12.1 Å². The van der Waals surface area contributed by atoms with E-state index in [2.05, 4.69) is 0 Å². The second-order valence-electron chi connectivity index (χ2n) is 3.58. The molecule has 1 N–H and O–H groups in total. The molecule has 78 valence electrons. The topological polar surface area (TPSA) is 23.5 Å². The highest BCUT2D eigenvalue weighted by molar-refractivity contribution is 5.16. The zero-order valence-electron chi connectivity index (χ0n) is 8.57. The molecule has 0 saturated carbocycles. The Balaban J connectivity index is 2.60. The normalized spacial score (nSPS) is 13.2. The van der Waals surface area contributed by atoms with E-state index in [4.69, 9.17) is 5.11 Å². The number of likely N-dealkylation sites (N-methyl/N-ethyl adjacent to an activating group) is 1. The van der Waals surface area contributed by atoms with Gasteiger partial charge in [-0.1, -0.05) is 12.1 Å². The predicted octanol–water partition coefficient (Wildman–Crippen LogP) is 1.64. The number of aliphatic hydroxyl groups is 1. The number of halogens is 1. The molecule has 1 aromatic carbocycles. The lowest BCUT2D eigenvalue weighted by Gasteiger charge is -2.22. The number of hydrogen-bond donors (Lipinski definition) is 1. The summed E-state index contributed by atoms with van der Waals surface area (Å²) in [5.74, 6) is -0.215. The SMILES string of the molecule is CC(CO)N(C)Cc1cccc(F)c1. The fourth-order valence-corrected chi connectivity index (χ4v) is 1.22. The van der Waals surface area contributed by atoms with Gasteiger partial charge in [-0.3, -0.25) is 4.90 Å². The maximum absolute atomic E-state index is 12.8. The molecule has 0 aliphatic carbocycles. The highest BCUT2D eigenvalue weighted by atomic mass is 19.1. The van der Waals surface area contributed by atoms with Crippen LogP contribution in [0.5, 0.6) is 0 Å². The van der Waals surface area contributed by atoms with Crippen molar-refractivity contribution in [3.05, 3.63) is 35.6 Å². The van der Waals surface area contributed by atoms with E-state index in [-0.39, 0.29) is 18.5 Å². The van der Waals surface area contributed by atoms with Crippen molar-refractivity contribution in [2.75, 3.05) is 13.7 Å². The number of hydrogen-bond acceptors (Lipinski definition) is 2. The van der Waals surface area contributed by atoms with Crippen LogP contribution < -0.4 is 0 Å². The Kier molecular flexibility index (Phi) is 4.04. The molecule has 1 rings (SSSR count). The number of benzene rings is 1. The lowest BCUT2D eigenvalue weighted by Crippen LogP contribution is -2.31. The summed E-state index contributed by atoms with van der Waals surface area (Å²) in [7, 11) is 1.91. The Morgan fingerprint density at radius 1 is 1.50 bits per heavy atom. The van der Waals surface area contributed by atoms with Gasteiger partial charge in [-0.15, -0.1) is 0 Å². The van der Waals surface area contributed by atoms with Crippen LogP contribution in [-0.4, -0.2) is 29.7 Å². The predicted molar refractivity (Wildman–Crippen MR) is 54.4 cm³/mol. The van der Waals surface area contributed by atoms with Crippen LogP contribution in [0.3, 0.4) is 0 Å². The molecule has 0 aliphatic rings. The van der Waals surface area contributed by atoms with Crippen molar-refractivity contribution in [1.29, 1.82) is 0 Å². The van der Waals surface area contributed by atoms with Crippen LogP contribution in [0.25, 0.3) is 0 Å². The second-order valence-corrected chi connectivity index (χ2v) is 3.58. The van der Waals surface area contributed by atoms with Gasteiger partial charge in [-0.05, 0) is 31.7 Å². The summed E-state index contributed by atoms with van der Waals surface area (Å²) in [6, 6.07) is 6.61. The van der Waals surface area contributed by atoms with Crippen LogP contribution in [0.2, 0.25) is 0 Å². The Morgan fingerprint density at radius 3 is 2.79 bits per heavy atom. The average molecular weight is 197 g/mol. The molecule has 0 radical (unpaired) electrons. The molecular formula is C11H16FNO. The molecule has 0 spiro atoms. The second kappa shape index (κ2) is 5.08. The van der Waals surface area contributed by atoms with Gasteiger partial charge >= 0.3 is 0 Å². The summed E-state index contributed by atoms with van der Waals surface area (Å²) in [5.41, 5.74) is 0.924. The van der Waals surface area contributed by atoms with Crippen LogP contribution in [0.15, 0.2) is 24.3 Å². The smallest absolute Gasteiger partial charge is 0.123 e. The summed E-state index contributed by atoms with van der Waals surface area (Å²) < 4.78 is 12.8. The van der Waals surface area contributed by atoms with E-state index in [1.807, 2.05) is 24.9 Å². The standard InChI is InChI=1S/C11H16FNO/c1-9(8-14)13(2)7-10-4-3-5-11(12)6-10/h3-6,9,14H,7-8H2,1-2H3. The summed E-state index contributed by atoms with van der Waals surface area (Å²) in [5, 5.41) is 8.92. The van der Waals surface area contributed by atoms with Gasteiger partial charge in [0.2, 0.25) is 0 Å². The molecular weight excluding hydrogens is 181 g/mol. The van der Waals surface area contributed by atoms with Gasteiger partial charge in [0.05, 0.1) is 6.61 Å². The number of rotatable bonds is 4. The zero-order valence-corrected chi connectivity index (χ0v) is 8.57. The van der Waals surface area contributed by atoms with E-state index in [0.717, 1.165) is 5.56 Å². The van der Waals surface area contributed by atoms with E-state index < -0.39 is 0 Å². The van der Waals surface area contributed by atoms with E-state index >= 15 is 0 Å². The third-order valence-corrected chi connectivity index (χ3v) is 2.34. The van der Waals surface area contributed by atoms with Gasteiger partial charge in [-0.2, -0.15) is 0 Å². The van der Waals surface area contributed by atoms with Gasteiger partial charge < -0.3 is 5.11 Å². The Labute approximate surface area is 84.0 Å². The maximum atomic E-state index is 12.8. The van der Waals surface area contributed by atoms with Crippen molar-refractivity contribution in [2.24, 2.45) is 0 Å². The Bertz CT molecular complexity index is 290. The fourth-order valence-electron chi connectivity index (χ4n) is 1.22. The van der Waals surface area contributed by atoms with Crippen molar-refractivity contribution in [2.45, 2.75) is 19.5 Å². The van der Waals surface area contributed by atoms with Gasteiger partial charge in [0.1, 0.15) is 5.82 Å². The molecule has 3 heteroatoms. The van der Waals surface area contributed by atoms with Crippen LogP contribution in [0.4, 0.5) is 4.39 Å². The first-order chi connectivity index (χ1) is 6.63. The molecule has 0 fully saturated rings. The summed E-state index contributed by atoms with van der Waals surface area (Å²) >= 11 is 0. The molecule has 0 heterocycles. The van der Waals surface area contributed by atoms with Gasteiger partial charge in [0, 0.05) is 12.6 Å². The molecule has 1 aromatic rings. The van der Waals surface area contributed by atoms with Gasteiger partial charge in [0.15, 0.2) is 0 Å². The zero-order chi connectivity index (χ0) is 10.6. The van der Waals surface area contributed by atoms with E-state index in [9.17, 15) is 4.39 Å². The van der Waals surface area contributed by atoms with E-state index in [0.29, 0.717) is 6.54 Å².